The Morgan fingerprint density at radius 3 is 0.800 bits per heavy atom. The Balaban J connectivity index is -0.0000000300. The molecule has 7 nitrogen and oxygen atoms in total. The molecule has 0 amide bonds. The molecule has 0 spiro atoms. The normalized spacial score (nSPS) is 7.53. The number of phosphoric acid groups is 1. The second kappa shape index (κ2) is 29.4. The van der Waals surface area contributed by atoms with Crippen molar-refractivity contribution in [2.45, 2.75) is 0 Å². The van der Waals surface area contributed by atoms with Crippen LogP contribution in [0.1, 0.15) is 0 Å². The molecule has 0 aromatic carbocycles. The van der Waals surface area contributed by atoms with Gasteiger partial charge in [0.05, 0.1) is 0 Å². The first kappa shape index (κ1) is 29.7. The zero-order valence-electron chi connectivity index (χ0n) is 8.78. The molecule has 6 N–H and O–H groups in total. The quantitative estimate of drug-likeness (QED) is 0.146. The van der Waals surface area contributed by atoms with Gasteiger partial charge in [-0.05, 0) is 0 Å². The molecule has 9 heteroatoms. The van der Waals surface area contributed by atoms with E-state index in [9.17, 15) is 0 Å². The predicted octanol–water partition coefficient (Wildman–Crippen LogP) is -4.49. The Labute approximate surface area is 112 Å². The summed E-state index contributed by atoms with van der Waals surface area (Å²) < 4.78 is 8.88. The van der Waals surface area contributed by atoms with Crippen molar-refractivity contribution in [1.29, 1.82) is 0 Å². The molecule has 15 heavy (non-hydrogen) atoms. The van der Waals surface area contributed by atoms with Crippen LogP contribution < -0.4 is 29.6 Å². The average Bonchev–Trinajstić information content (AvgIpc) is 1.86. The van der Waals surface area contributed by atoms with Gasteiger partial charge in [-0.3, -0.25) is 0 Å². The van der Waals surface area contributed by atoms with Crippen LogP contribution in [0.25, 0.3) is 0 Å². The summed E-state index contributed by atoms with van der Waals surface area (Å²) in [6.07, 6.45) is 0. The molecule has 0 saturated heterocycles. The van der Waals surface area contributed by atoms with E-state index in [0.717, 1.165) is 0 Å². The summed E-state index contributed by atoms with van der Waals surface area (Å²) in [6, 6.07) is 0. The van der Waals surface area contributed by atoms with Crippen LogP contribution in [0, 0.1) is 20.8 Å². The monoisotopic (exact) mass is 256 g/mol. The Kier molecular flexibility index (Phi) is 58.3. The van der Waals surface area contributed by atoms with Gasteiger partial charge >= 0.3 is 37.4 Å². The summed E-state index contributed by atoms with van der Waals surface area (Å²) in [5.74, 6) is 0. The molecule has 0 rings (SSSR count). The SMILES string of the molecule is O=P(O)(O)O.[CH2-]CO.[CH2-]CO.[CH2-]CO.[Na+]. The molecule has 0 aromatic rings. The van der Waals surface area contributed by atoms with E-state index in [-0.39, 0.29) is 49.4 Å². The van der Waals surface area contributed by atoms with Gasteiger partial charge in [-0.15, -0.1) is 0 Å². The molecular formula is C6H18NaO7P-2. The van der Waals surface area contributed by atoms with E-state index in [0.29, 0.717) is 0 Å². The van der Waals surface area contributed by atoms with Gasteiger partial charge in [0.15, 0.2) is 0 Å². The summed E-state index contributed by atoms with van der Waals surface area (Å²) in [5.41, 5.74) is 0. The van der Waals surface area contributed by atoms with Gasteiger partial charge < -0.3 is 50.8 Å². The van der Waals surface area contributed by atoms with E-state index in [1.165, 1.54) is 0 Å². The van der Waals surface area contributed by atoms with Crippen molar-refractivity contribution < 1.29 is 64.1 Å². The Bertz CT molecular complexity index is 94.6. The van der Waals surface area contributed by atoms with Gasteiger partial charge in [-0.25, -0.2) is 4.57 Å². The molecule has 0 aromatic heterocycles. The molecule has 0 unspecified atom stereocenters. The zero-order valence-corrected chi connectivity index (χ0v) is 11.7. The zero-order chi connectivity index (χ0) is 12.6. The van der Waals surface area contributed by atoms with Crippen molar-refractivity contribution in [2.24, 2.45) is 0 Å². The largest absolute Gasteiger partial charge is 1.00 e. The fourth-order valence-corrected chi connectivity index (χ4v) is 0. The molecule has 0 heterocycles. The maximum Gasteiger partial charge on any atom is 1.00 e. The van der Waals surface area contributed by atoms with Crippen LogP contribution in [0.5, 0.6) is 0 Å². The van der Waals surface area contributed by atoms with Gasteiger partial charge in [0.25, 0.3) is 0 Å². The molecule has 0 aliphatic carbocycles. The van der Waals surface area contributed by atoms with E-state index < -0.39 is 7.82 Å². The third-order valence-corrected chi connectivity index (χ3v) is 0. The Morgan fingerprint density at radius 1 is 0.800 bits per heavy atom. The fraction of sp³-hybridized carbons (Fsp3) is 0.500. The third kappa shape index (κ3) is 2580. The predicted molar refractivity (Wildman–Crippen MR) is 51.6 cm³/mol. The van der Waals surface area contributed by atoms with Crippen molar-refractivity contribution >= 4 is 7.82 Å². The number of aliphatic hydroxyl groups is 3. The van der Waals surface area contributed by atoms with Crippen molar-refractivity contribution in [3.8, 4) is 0 Å². The van der Waals surface area contributed by atoms with Crippen LogP contribution >= 0.6 is 7.82 Å². The molecule has 92 valence electrons. The summed E-state index contributed by atoms with van der Waals surface area (Å²) >= 11 is 0. The van der Waals surface area contributed by atoms with Crippen molar-refractivity contribution in [2.75, 3.05) is 19.8 Å². The van der Waals surface area contributed by atoms with Gasteiger partial charge in [0.1, 0.15) is 0 Å². The fourth-order valence-electron chi connectivity index (χ4n) is 0. The van der Waals surface area contributed by atoms with Gasteiger partial charge in [-0.1, -0.05) is 19.8 Å². The Hall–Kier alpha value is 0.990. The van der Waals surface area contributed by atoms with E-state index in [4.69, 9.17) is 34.6 Å². The summed E-state index contributed by atoms with van der Waals surface area (Å²) in [4.78, 5) is 21.6. The smallest absolute Gasteiger partial charge is 0.428 e. The van der Waals surface area contributed by atoms with Crippen LogP contribution in [0.4, 0.5) is 0 Å². The maximum absolute atomic E-state index is 8.88. The summed E-state index contributed by atoms with van der Waals surface area (Å²) in [6.45, 7) is 9.12. The van der Waals surface area contributed by atoms with Crippen LogP contribution in [0.2, 0.25) is 0 Å². The third-order valence-electron chi connectivity index (χ3n) is 0. The van der Waals surface area contributed by atoms with Crippen molar-refractivity contribution in [3.63, 3.8) is 0 Å². The molecular weight excluding hydrogens is 238 g/mol. The average molecular weight is 256 g/mol. The van der Waals surface area contributed by atoms with Crippen LogP contribution in [-0.2, 0) is 4.57 Å². The standard InChI is InChI=1S/3C2H5O.Na.H3O4P/c3*1-2-3;;1-5(2,3)4/h3*3H,1-2H2;;(H3,1,2,3,4)/q3*-1;+1;. The molecule has 0 aliphatic rings. The van der Waals surface area contributed by atoms with Crippen molar-refractivity contribution in [3.05, 3.63) is 20.8 Å². The van der Waals surface area contributed by atoms with Crippen molar-refractivity contribution in [1.82, 2.24) is 0 Å². The molecule has 0 bridgehead atoms. The first-order valence-electron chi connectivity index (χ1n) is 3.23. The van der Waals surface area contributed by atoms with E-state index in [1.54, 1.807) is 0 Å². The van der Waals surface area contributed by atoms with E-state index >= 15 is 0 Å². The van der Waals surface area contributed by atoms with E-state index in [1.807, 2.05) is 0 Å². The molecule has 0 fully saturated rings. The van der Waals surface area contributed by atoms with Gasteiger partial charge in [0, 0.05) is 0 Å². The van der Waals surface area contributed by atoms with Gasteiger partial charge in [-0.2, -0.15) is 0 Å². The number of hydrogen-bond acceptors (Lipinski definition) is 4. The van der Waals surface area contributed by atoms with Crippen LogP contribution in [0.3, 0.4) is 0 Å². The second-order valence-corrected chi connectivity index (χ2v) is 2.21. The minimum Gasteiger partial charge on any atom is -0.428 e. The summed E-state index contributed by atoms with van der Waals surface area (Å²) in [5, 5.41) is 22.4. The molecule has 0 saturated carbocycles. The minimum absolute atomic E-state index is 0. The number of hydrogen-bond donors (Lipinski definition) is 6. The first-order valence-corrected chi connectivity index (χ1v) is 4.80. The molecule has 0 aliphatic heterocycles. The first-order chi connectivity index (χ1) is 6.24. The number of aliphatic hydroxyl groups excluding tert-OH is 3. The van der Waals surface area contributed by atoms with Crippen LogP contribution in [0.15, 0.2) is 0 Å². The molecule has 0 atom stereocenters. The Morgan fingerprint density at radius 2 is 0.800 bits per heavy atom. The van der Waals surface area contributed by atoms with Gasteiger partial charge in [0.2, 0.25) is 0 Å². The van der Waals surface area contributed by atoms with Crippen LogP contribution in [-0.4, -0.2) is 49.8 Å². The van der Waals surface area contributed by atoms with E-state index in [2.05, 4.69) is 20.8 Å². The number of rotatable bonds is 0. The summed E-state index contributed by atoms with van der Waals surface area (Å²) in [7, 11) is -4.64. The second-order valence-electron chi connectivity index (χ2n) is 1.18. The topological polar surface area (TPSA) is 138 Å². The molecule has 0 radical (unpaired) electrons. The maximum atomic E-state index is 8.88. The minimum atomic E-state index is -4.64.